The van der Waals surface area contributed by atoms with E-state index in [4.69, 9.17) is 4.74 Å². The topological polar surface area (TPSA) is 50.5 Å². The first-order chi connectivity index (χ1) is 11.6. The Morgan fingerprint density at radius 2 is 2.17 bits per heavy atom. The molecule has 0 radical (unpaired) electrons. The van der Waals surface area contributed by atoms with Crippen molar-refractivity contribution < 1.29 is 14.2 Å². The third-order valence-corrected chi connectivity index (χ3v) is 4.64. The van der Waals surface area contributed by atoms with E-state index in [9.17, 15) is 9.50 Å². The van der Waals surface area contributed by atoms with Crippen LogP contribution in [0.1, 0.15) is 19.4 Å². The number of benzene rings is 1. The molecule has 1 fully saturated rings. The molecule has 5 nitrogen and oxygen atoms in total. The molecule has 0 aliphatic carbocycles. The summed E-state index contributed by atoms with van der Waals surface area (Å²) in [5.41, 5.74) is 0. The van der Waals surface area contributed by atoms with Gasteiger partial charge in [-0.15, -0.1) is 0 Å². The van der Waals surface area contributed by atoms with E-state index < -0.39 is 6.10 Å². The number of aliphatic hydroxyl groups excluding tert-OH is 1. The van der Waals surface area contributed by atoms with Gasteiger partial charge in [0.15, 0.2) is 0 Å². The third kappa shape index (κ3) is 4.33. The Hall–Kier alpha value is -1.92. The van der Waals surface area contributed by atoms with Crippen molar-refractivity contribution in [2.24, 2.45) is 5.92 Å². The Bertz CT molecular complexity index is 618. The van der Waals surface area contributed by atoms with Crippen LogP contribution in [0, 0.1) is 11.7 Å². The van der Waals surface area contributed by atoms with Crippen LogP contribution in [-0.2, 0) is 0 Å². The summed E-state index contributed by atoms with van der Waals surface area (Å²) in [5, 5.41) is 10.2. The van der Waals surface area contributed by atoms with E-state index in [1.165, 1.54) is 12.1 Å². The fraction of sp³-hybridized carbons (Fsp3) is 0.500. The van der Waals surface area contributed by atoms with Gasteiger partial charge in [-0.2, -0.15) is 0 Å². The monoisotopic (exact) mass is 333 g/mol. The number of aromatic nitrogens is 2. The number of β-amino-alcohol motifs (C(OH)–C–C–N with tert-alkyl or cyclic N) is 1. The number of piperidine rings is 1. The molecule has 2 aromatic rings. The second-order valence-corrected chi connectivity index (χ2v) is 6.52. The number of imidazole rings is 1. The zero-order valence-electron chi connectivity index (χ0n) is 13.9. The average Bonchev–Trinajstić information content (AvgIpc) is 3.10. The third-order valence-electron chi connectivity index (χ3n) is 4.64. The maximum absolute atomic E-state index is 12.9. The van der Waals surface area contributed by atoms with E-state index in [1.54, 1.807) is 18.3 Å². The van der Waals surface area contributed by atoms with Crippen LogP contribution in [0.15, 0.2) is 43.0 Å². The molecule has 1 saturated heterocycles. The van der Waals surface area contributed by atoms with Crippen LogP contribution in [0.3, 0.4) is 0 Å². The van der Waals surface area contributed by atoms with E-state index >= 15 is 0 Å². The predicted molar refractivity (Wildman–Crippen MR) is 89.4 cm³/mol. The molecule has 130 valence electrons. The van der Waals surface area contributed by atoms with E-state index in [0.717, 1.165) is 19.5 Å². The number of ether oxygens (including phenoxy) is 1. The molecule has 24 heavy (non-hydrogen) atoms. The summed E-state index contributed by atoms with van der Waals surface area (Å²) in [6.07, 6.45) is 6.18. The summed E-state index contributed by atoms with van der Waals surface area (Å²) in [4.78, 5) is 6.40. The first-order valence-electron chi connectivity index (χ1n) is 8.38. The number of hydrogen-bond acceptors (Lipinski definition) is 4. The molecule has 1 aromatic carbocycles. The van der Waals surface area contributed by atoms with Crippen molar-refractivity contribution >= 4 is 0 Å². The molecule has 3 unspecified atom stereocenters. The Morgan fingerprint density at radius 3 is 2.88 bits per heavy atom. The van der Waals surface area contributed by atoms with Crippen LogP contribution in [0.2, 0.25) is 0 Å². The summed E-state index contributed by atoms with van der Waals surface area (Å²) in [7, 11) is 0. The van der Waals surface area contributed by atoms with Gasteiger partial charge < -0.3 is 14.4 Å². The second-order valence-electron chi connectivity index (χ2n) is 6.52. The normalized spacial score (nSPS) is 23.1. The van der Waals surface area contributed by atoms with Crippen LogP contribution in [-0.4, -0.2) is 51.9 Å². The molecular formula is C18H24FN3O2. The van der Waals surface area contributed by atoms with Crippen molar-refractivity contribution in [1.29, 1.82) is 0 Å². The maximum atomic E-state index is 12.9. The van der Waals surface area contributed by atoms with Gasteiger partial charge in [0.2, 0.25) is 0 Å². The molecule has 0 amide bonds. The van der Waals surface area contributed by atoms with E-state index in [1.807, 2.05) is 12.5 Å². The quantitative estimate of drug-likeness (QED) is 0.882. The van der Waals surface area contributed by atoms with Crippen molar-refractivity contribution in [2.75, 3.05) is 26.2 Å². The first kappa shape index (κ1) is 16.9. The summed E-state index contributed by atoms with van der Waals surface area (Å²) >= 11 is 0. The SMILES string of the molecule is CC1CCN(CC(O)COc2ccc(F)cc2)CC1n1ccnc1. The van der Waals surface area contributed by atoms with Gasteiger partial charge in [0.1, 0.15) is 24.3 Å². The minimum atomic E-state index is -0.577. The Kier molecular flexibility index (Phi) is 5.48. The number of hydrogen-bond donors (Lipinski definition) is 1. The number of aliphatic hydroxyl groups is 1. The minimum Gasteiger partial charge on any atom is -0.491 e. The summed E-state index contributed by atoms with van der Waals surface area (Å²) in [6.45, 7) is 4.90. The lowest BCUT2D eigenvalue weighted by atomic mass is 9.93. The van der Waals surface area contributed by atoms with E-state index in [-0.39, 0.29) is 12.4 Å². The maximum Gasteiger partial charge on any atom is 0.123 e. The molecule has 2 heterocycles. The number of halogens is 1. The van der Waals surface area contributed by atoms with Crippen LogP contribution in [0.4, 0.5) is 4.39 Å². The predicted octanol–water partition coefficient (Wildman–Crippen LogP) is 2.34. The van der Waals surface area contributed by atoms with Crippen molar-refractivity contribution in [2.45, 2.75) is 25.5 Å². The van der Waals surface area contributed by atoms with Crippen molar-refractivity contribution in [3.05, 3.63) is 48.8 Å². The van der Waals surface area contributed by atoms with Gasteiger partial charge >= 0.3 is 0 Å². The molecule has 0 spiro atoms. The van der Waals surface area contributed by atoms with Gasteiger partial charge in [0.25, 0.3) is 0 Å². The average molecular weight is 333 g/mol. The summed E-state index contributed by atoms with van der Waals surface area (Å²) in [6, 6.07) is 6.22. The minimum absolute atomic E-state index is 0.202. The summed E-state index contributed by atoms with van der Waals surface area (Å²) < 4.78 is 20.5. The molecular weight excluding hydrogens is 309 g/mol. The van der Waals surface area contributed by atoms with Crippen molar-refractivity contribution in [3.8, 4) is 5.75 Å². The van der Waals surface area contributed by atoms with Crippen LogP contribution < -0.4 is 4.74 Å². The van der Waals surface area contributed by atoms with Crippen LogP contribution in [0.5, 0.6) is 5.75 Å². The highest BCUT2D eigenvalue weighted by Crippen LogP contribution is 2.27. The number of rotatable bonds is 6. The van der Waals surface area contributed by atoms with Gasteiger partial charge in [0.05, 0.1) is 6.33 Å². The fourth-order valence-corrected chi connectivity index (χ4v) is 3.21. The van der Waals surface area contributed by atoms with Crippen LogP contribution in [0.25, 0.3) is 0 Å². The van der Waals surface area contributed by atoms with Crippen LogP contribution >= 0.6 is 0 Å². The molecule has 0 bridgehead atoms. The second kappa shape index (κ2) is 7.77. The Labute approximate surface area is 141 Å². The number of nitrogens with zero attached hydrogens (tertiary/aromatic N) is 3. The lowest BCUT2D eigenvalue weighted by Crippen LogP contribution is -2.44. The molecule has 1 aliphatic heterocycles. The van der Waals surface area contributed by atoms with Gasteiger partial charge in [-0.1, -0.05) is 6.92 Å². The highest BCUT2D eigenvalue weighted by atomic mass is 19.1. The smallest absolute Gasteiger partial charge is 0.123 e. The molecule has 1 aromatic heterocycles. The Balaban J connectivity index is 1.49. The lowest BCUT2D eigenvalue weighted by molar-refractivity contribution is 0.0427. The molecule has 1 aliphatic rings. The van der Waals surface area contributed by atoms with Gasteiger partial charge in [-0.3, -0.25) is 4.90 Å². The van der Waals surface area contributed by atoms with Gasteiger partial charge in [-0.05, 0) is 43.1 Å². The van der Waals surface area contributed by atoms with Crippen molar-refractivity contribution in [3.63, 3.8) is 0 Å². The first-order valence-corrected chi connectivity index (χ1v) is 8.38. The standard InChI is InChI=1S/C18H24FN3O2/c1-14-6-8-21(11-18(14)22-9-7-20-13-22)10-16(23)12-24-17-4-2-15(19)3-5-17/h2-5,7,9,13-14,16,18,23H,6,8,10-12H2,1H3. The zero-order valence-corrected chi connectivity index (χ0v) is 13.9. The van der Waals surface area contributed by atoms with Crippen molar-refractivity contribution in [1.82, 2.24) is 14.5 Å². The molecule has 6 heteroatoms. The zero-order chi connectivity index (χ0) is 16.9. The largest absolute Gasteiger partial charge is 0.491 e. The molecule has 3 atom stereocenters. The van der Waals surface area contributed by atoms with E-state index in [0.29, 0.717) is 24.3 Å². The number of likely N-dealkylation sites (tertiary alicyclic amines) is 1. The Morgan fingerprint density at radius 1 is 1.38 bits per heavy atom. The molecule has 0 saturated carbocycles. The van der Waals surface area contributed by atoms with E-state index in [2.05, 4.69) is 21.4 Å². The lowest BCUT2D eigenvalue weighted by Gasteiger charge is -2.38. The van der Waals surface area contributed by atoms with Gasteiger partial charge in [0, 0.05) is 31.5 Å². The molecule has 1 N–H and O–H groups in total. The fourth-order valence-electron chi connectivity index (χ4n) is 3.21. The highest BCUT2D eigenvalue weighted by Gasteiger charge is 2.28. The molecule has 3 rings (SSSR count). The highest BCUT2D eigenvalue weighted by molar-refractivity contribution is 5.22. The summed E-state index contributed by atoms with van der Waals surface area (Å²) in [5.74, 6) is 0.859. The van der Waals surface area contributed by atoms with Gasteiger partial charge in [-0.25, -0.2) is 9.37 Å².